The van der Waals surface area contributed by atoms with E-state index >= 15 is 0 Å². The van der Waals surface area contributed by atoms with Crippen molar-refractivity contribution in [3.8, 4) is 0 Å². The van der Waals surface area contributed by atoms with Gasteiger partial charge in [-0.1, -0.05) is 13.8 Å². The lowest BCUT2D eigenvalue weighted by Crippen LogP contribution is -2.43. The van der Waals surface area contributed by atoms with Crippen molar-refractivity contribution in [1.29, 1.82) is 0 Å². The number of anilines is 2. The first-order valence-electron chi connectivity index (χ1n) is 9.67. The predicted octanol–water partition coefficient (Wildman–Crippen LogP) is 3.13. The SMILES string of the molecule is CC(C)[C@@H]1OCCC[C@@H]1Nc1cc(N2CCO[C@@H](c3nccs3)C2)ncn1. The number of aromatic nitrogens is 3. The molecule has 27 heavy (non-hydrogen) atoms. The Morgan fingerprint density at radius 1 is 1.22 bits per heavy atom. The molecule has 4 rings (SSSR count). The van der Waals surface area contributed by atoms with Crippen molar-refractivity contribution in [2.75, 3.05) is 36.5 Å². The molecule has 146 valence electrons. The molecule has 0 unspecified atom stereocenters. The van der Waals surface area contributed by atoms with Crippen molar-refractivity contribution in [1.82, 2.24) is 15.0 Å². The third kappa shape index (κ3) is 4.39. The van der Waals surface area contributed by atoms with Crippen molar-refractivity contribution >= 4 is 23.0 Å². The summed E-state index contributed by atoms with van der Waals surface area (Å²) in [6.45, 7) is 7.51. The summed E-state index contributed by atoms with van der Waals surface area (Å²) in [4.78, 5) is 15.6. The average molecular weight is 390 g/mol. The van der Waals surface area contributed by atoms with Crippen LogP contribution in [-0.2, 0) is 9.47 Å². The van der Waals surface area contributed by atoms with Crippen LogP contribution in [0, 0.1) is 5.92 Å². The highest BCUT2D eigenvalue weighted by molar-refractivity contribution is 7.09. The maximum atomic E-state index is 5.99. The van der Waals surface area contributed by atoms with Gasteiger partial charge in [-0.2, -0.15) is 0 Å². The molecule has 0 aromatic carbocycles. The number of hydrogen-bond acceptors (Lipinski definition) is 8. The Morgan fingerprint density at radius 2 is 2.15 bits per heavy atom. The molecule has 2 aromatic heterocycles. The average Bonchev–Trinajstić information content (AvgIpc) is 3.23. The van der Waals surface area contributed by atoms with E-state index in [0.717, 1.165) is 49.2 Å². The minimum Gasteiger partial charge on any atom is -0.376 e. The highest BCUT2D eigenvalue weighted by Crippen LogP contribution is 2.28. The van der Waals surface area contributed by atoms with Gasteiger partial charge in [-0.3, -0.25) is 0 Å². The van der Waals surface area contributed by atoms with Gasteiger partial charge in [0.2, 0.25) is 0 Å². The Balaban J connectivity index is 1.45. The summed E-state index contributed by atoms with van der Waals surface area (Å²) in [5.74, 6) is 2.26. The first-order chi connectivity index (χ1) is 13.2. The third-order valence-corrected chi connectivity index (χ3v) is 5.99. The third-order valence-electron chi connectivity index (χ3n) is 5.13. The van der Waals surface area contributed by atoms with Crippen LogP contribution in [0.1, 0.15) is 37.8 Å². The Morgan fingerprint density at radius 3 is 2.96 bits per heavy atom. The first-order valence-corrected chi connectivity index (χ1v) is 10.5. The van der Waals surface area contributed by atoms with Gasteiger partial charge in [0.15, 0.2) is 0 Å². The van der Waals surface area contributed by atoms with Crippen LogP contribution < -0.4 is 10.2 Å². The van der Waals surface area contributed by atoms with Gasteiger partial charge in [-0.25, -0.2) is 15.0 Å². The van der Waals surface area contributed by atoms with E-state index in [9.17, 15) is 0 Å². The second-order valence-electron chi connectivity index (χ2n) is 7.41. The summed E-state index contributed by atoms with van der Waals surface area (Å²) in [6, 6.07) is 2.32. The topological polar surface area (TPSA) is 72.4 Å². The molecular weight excluding hydrogens is 362 g/mol. The number of ether oxygens (including phenoxy) is 2. The van der Waals surface area contributed by atoms with Gasteiger partial charge in [0.1, 0.15) is 29.1 Å². The maximum Gasteiger partial charge on any atom is 0.134 e. The largest absolute Gasteiger partial charge is 0.376 e. The number of morpholine rings is 1. The van der Waals surface area contributed by atoms with E-state index in [1.807, 2.05) is 17.6 Å². The van der Waals surface area contributed by atoms with Gasteiger partial charge in [-0.05, 0) is 18.8 Å². The van der Waals surface area contributed by atoms with Gasteiger partial charge >= 0.3 is 0 Å². The van der Waals surface area contributed by atoms with E-state index in [-0.39, 0.29) is 18.2 Å². The Labute approximate surface area is 164 Å². The zero-order valence-electron chi connectivity index (χ0n) is 15.9. The molecule has 2 aliphatic rings. The lowest BCUT2D eigenvalue weighted by molar-refractivity contribution is -0.0203. The number of nitrogens with zero attached hydrogens (tertiary/aromatic N) is 4. The van der Waals surface area contributed by atoms with E-state index in [2.05, 4.69) is 39.0 Å². The van der Waals surface area contributed by atoms with Gasteiger partial charge in [0, 0.05) is 30.8 Å². The molecule has 7 nitrogen and oxygen atoms in total. The van der Waals surface area contributed by atoms with Gasteiger partial charge in [0.05, 0.1) is 25.3 Å². The molecule has 2 fully saturated rings. The molecule has 0 radical (unpaired) electrons. The summed E-state index contributed by atoms with van der Waals surface area (Å²) in [5.41, 5.74) is 0. The minimum atomic E-state index is 0.00203. The van der Waals surface area contributed by atoms with Crippen LogP contribution >= 0.6 is 11.3 Å². The zero-order valence-corrected chi connectivity index (χ0v) is 16.7. The molecule has 0 amide bonds. The Bertz CT molecular complexity index is 727. The molecule has 2 saturated heterocycles. The normalized spacial score (nSPS) is 26.3. The molecule has 8 heteroatoms. The molecular formula is C19H27N5O2S. The zero-order chi connectivity index (χ0) is 18.6. The number of rotatable bonds is 5. The molecule has 0 aliphatic carbocycles. The van der Waals surface area contributed by atoms with Crippen LogP contribution in [0.4, 0.5) is 11.6 Å². The summed E-state index contributed by atoms with van der Waals surface area (Å²) >= 11 is 1.63. The Hall–Kier alpha value is -1.77. The van der Waals surface area contributed by atoms with Crippen LogP contribution in [0.3, 0.4) is 0 Å². The standard InChI is InChI=1S/C19H27N5O2S/c1-13(2)18-14(4-3-7-26-18)23-16-10-17(22-12-21-16)24-6-8-25-15(11-24)19-20-5-9-27-19/h5,9-10,12-15,18H,3-4,6-8,11H2,1-2H3,(H,21,22,23)/t14-,15+,18-/m0/s1. The van der Waals surface area contributed by atoms with Crippen LogP contribution in [-0.4, -0.2) is 53.4 Å². The van der Waals surface area contributed by atoms with Crippen LogP contribution in [0.25, 0.3) is 0 Å². The van der Waals surface area contributed by atoms with E-state index in [4.69, 9.17) is 9.47 Å². The van der Waals surface area contributed by atoms with E-state index < -0.39 is 0 Å². The smallest absolute Gasteiger partial charge is 0.134 e. The van der Waals surface area contributed by atoms with E-state index in [0.29, 0.717) is 12.5 Å². The lowest BCUT2D eigenvalue weighted by Gasteiger charge is -2.35. The van der Waals surface area contributed by atoms with Gasteiger partial charge < -0.3 is 19.7 Å². The molecule has 4 heterocycles. The highest BCUT2D eigenvalue weighted by atomic mass is 32.1. The fourth-order valence-corrected chi connectivity index (χ4v) is 4.48. The van der Waals surface area contributed by atoms with Crippen LogP contribution in [0.5, 0.6) is 0 Å². The minimum absolute atomic E-state index is 0.00203. The summed E-state index contributed by atoms with van der Waals surface area (Å²) < 4.78 is 11.9. The number of thiazole rings is 1. The molecule has 0 spiro atoms. The highest BCUT2D eigenvalue weighted by Gasteiger charge is 2.29. The van der Waals surface area contributed by atoms with Crippen molar-refractivity contribution < 1.29 is 9.47 Å². The van der Waals surface area contributed by atoms with Crippen molar-refractivity contribution in [2.24, 2.45) is 5.92 Å². The summed E-state index contributed by atoms with van der Waals surface area (Å²) in [5, 5.41) is 6.59. The molecule has 3 atom stereocenters. The van der Waals surface area contributed by atoms with Crippen molar-refractivity contribution in [3.63, 3.8) is 0 Å². The fourth-order valence-electron chi connectivity index (χ4n) is 3.80. The molecule has 0 bridgehead atoms. The van der Waals surface area contributed by atoms with Gasteiger partial charge in [0.25, 0.3) is 0 Å². The fraction of sp³-hybridized carbons (Fsp3) is 0.632. The number of hydrogen-bond donors (Lipinski definition) is 1. The second kappa shape index (κ2) is 8.50. The van der Waals surface area contributed by atoms with Crippen molar-refractivity contribution in [2.45, 2.75) is 44.9 Å². The molecule has 1 N–H and O–H groups in total. The number of nitrogens with one attached hydrogen (secondary N) is 1. The Kier molecular flexibility index (Phi) is 5.85. The summed E-state index contributed by atoms with van der Waals surface area (Å²) in [6.07, 6.45) is 5.87. The molecule has 2 aliphatic heterocycles. The lowest BCUT2D eigenvalue weighted by atomic mass is 9.94. The predicted molar refractivity (Wildman–Crippen MR) is 106 cm³/mol. The first kappa shape index (κ1) is 18.6. The van der Waals surface area contributed by atoms with Gasteiger partial charge in [-0.15, -0.1) is 11.3 Å². The quantitative estimate of drug-likeness (QED) is 0.842. The maximum absolute atomic E-state index is 5.99. The van der Waals surface area contributed by atoms with Crippen LogP contribution in [0.2, 0.25) is 0 Å². The molecule has 2 aromatic rings. The molecule has 0 saturated carbocycles. The summed E-state index contributed by atoms with van der Waals surface area (Å²) in [7, 11) is 0. The van der Waals surface area contributed by atoms with Crippen molar-refractivity contribution in [3.05, 3.63) is 29.0 Å². The van der Waals surface area contributed by atoms with E-state index in [1.165, 1.54) is 0 Å². The van der Waals surface area contributed by atoms with Crippen LogP contribution in [0.15, 0.2) is 24.0 Å². The van der Waals surface area contributed by atoms with E-state index in [1.54, 1.807) is 17.7 Å². The monoisotopic (exact) mass is 389 g/mol. The second-order valence-corrected chi connectivity index (χ2v) is 8.34.